The molecule has 1 aliphatic rings. The Morgan fingerprint density at radius 3 is 2.36 bits per heavy atom. The molecule has 0 aliphatic carbocycles. The van der Waals surface area contributed by atoms with Gasteiger partial charge in [-0.2, -0.15) is 10.2 Å². The van der Waals surface area contributed by atoms with Crippen molar-refractivity contribution in [2.75, 3.05) is 7.05 Å². The predicted octanol–water partition coefficient (Wildman–Crippen LogP) is 2.72. The van der Waals surface area contributed by atoms with Gasteiger partial charge < -0.3 is 0 Å². The highest BCUT2D eigenvalue weighted by Crippen LogP contribution is 2.35. The normalized spacial score (nSPS) is 36.7. The Morgan fingerprint density at radius 2 is 2.00 bits per heavy atom. The highest BCUT2D eigenvalue weighted by Gasteiger charge is 2.40. The molecular formula is C8H18N2Si. The van der Waals surface area contributed by atoms with E-state index in [2.05, 4.69) is 30.2 Å². The summed E-state index contributed by atoms with van der Waals surface area (Å²) >= 11 is 0. The van der Waals surface area contributed by atoms with Gasteiger partial charge >= 0.3 is 0 Å². The minimum Gasteiger partial charge on any atom is -0.198 e. The van der Waals surface area contributed by atoms with Gasteiger partial charge in [-0.1, -0.05) is 26.1 Å². The molecule has 1 saturated heterocycles. The molecule has 2 atom stereocenters. The Labute approximate surface area is 70.1 Å². The molecule has 0 amide bonds. The lowest BCUT2D eigenvalue weighted by molar-refractivity contribution is 0.601. The molecule has 0 radical (unpaired) electrons. The monoisotopic (exact) mass is 170 g/mol. The van der Waals surface area contributed by atoms with E-state index >= 15 is 0 Å². The van der Waals surface area contributed by atoms with Gasteiger partial charge in [0.25, 0.3) is 0 Å². The van der Waals surface area contributed by atoms with E-state index in [1.54, 1.807) is 7.05 Å². The molecule has 0 spiro atoms. The Kier molecular flexibility index (Phi) is 2.47. The average molecular weight is 170 g/mol. The molecule has 1 aliphatic heterocycles. The van der Waals surface area contributed by atoms with Gasteiger partial charge in [0.2, 0.25) is 0 Å². The van der Waals surface area contributed by atoms with Crippen molar-refractivity contribution in [3.63, 3.8) is 0 Å². The molecule has 0 saturated carbocycles. The van der Waals surface area contributed by atoms with Crippen molar-refractivity contribution < 1.29 is 0 Å². The minimum absolute atomic E-state index is 0.600. The van der Waals surface area contributed by atoms with E-state index in [0.29, 0.717) is 5.67 Å². The standard InChI is InChI=1S/C8H18N2Si/c1-7-5-8(10-9-2)11(3,4)6-7/h7-8H,5-6H2,1-4H3/b10-9+. The smallest absolute Gasteiger partial charge is 0.0789 e. The molecule has 0 N–H and O–H groups in total. The lowest BCUT2D eigenvalue weighted by atomic mass is 10.1. The molecule has 3 heteroatoms. The van der Waals surface area contributed by atoms with Gasteiger partial charge in [0.1, 0.15) is 0 Å². The first-order chi connectivity index (χ1) is 5.06. The lowest BCUT2D eigenvalue weighted by Gasteiger charge is -2.19. The second kappa shape index (κ2) is 3.05. The molecule has 1 fully saturated rings. The van der Waals surface area contributed by atoms with Crippen LogP contribution >= 0.6 is 0 Å². The SMILES string of the molecule is C/N=N/C1CC(C)C[Si]1(C)C. The topological polar surface area (TPSA) is 24.7 Å². The van der Waals surface area contributed by atoms with Crippen LogP contribution < -0.4 is 0 Å². The Hall–Kier alpha value is -0.183. The van der Waals surface area contributed by atoms with E-state index in [1.165, 1.54) is 12.5 Å². The van der Waals surface area contributed by atoms with E-state index < -0.39 is 8.07 Å². The summed E-state index contributed by atoms with van der Waals surface area (Å²) in [5.41, 5.74) is 0.600. The number of nitrogens with zero attached hydrogens (tertiary/aromatic N) is 2. The van der Waals surface area contributed by atoms with Crippen LogP contribution in [-0.4, -0.2) is 20.8 Å². The predicted molar refractivity (Wildman–Crippen MR) is 50.6 cm³/mol. The summed E-state index contributed by atoms with van der Waals surface area (Å²) in [6, 6.07) is 1.43. The summed E-state index contributed by atoms with van der Waals surface area (Å²) in [5, 5.41) is 8.22. The fraction of sp³-hybridized carbons (Fsp3) is 1.00. The fourth-order valence-electron chi connectivity index (χ4n) is 2.16. The average Bonchev–Trinajstić information content (AvgIpc) is 2.07. The summed E-state index contributed by atoms with van der Waals surface area (Å²) in [4.78, 5) is 0. The quantitative estimate of drug-likeness (QED) is 0.427. The highest BCUT2D eigenvalue weighted by atomic mass is 28.3. The Balaban J connectivity index is 2.66. The van der Waals surface area contributed by atoms with Crippen LogP contribution in [0.1, 0.15) is 13.3 Å². The van der Waals surface area contributed by atoms with Gasteiger partial charge in [-0.05, 0) is 12.3 Å². The van der Waals surface area contributed by atoms with Crippen LogP contribution in [0.2, 0.25) is 19.1 Å². The maximum atomic E-state index is 4.31. The number of rotatable bonds is 1. The first-order valence-electron chi connectivity index (χ1n) is 4.35. The summed E-state index contributed by atoms with van der Waals surface area (Å²) < 4.78 is 0. The van der Waals surface area contributed by atoms with Crippen molar-refractivity contribution in [1.29, 1.82) is 0 Å². The highest BCUT2D eigenvalue weighted by molar-refractivity contribution is 6.79. The van der Waals surface area contributed by atoms with Crippen LogP contribution in [0.5, 0.6) is 0 Å². The molecule has 2 unspecified atom stereocenters. The minimum atomic E-state index is -1.01. The number of hydrogen-bond acceptors (Lipinski definition) is 2. The van der Waals surface area contributed by atoms with E-state index in [9.17, 15) is 0 Å². The molecule has 2 nitrogen and oxygen atoms in total. The maximum Gasteiger partial charge on any atom is 0.0789 e. The molecule has 0 aromatic carbocycles. The van der Waals surface area contributed by atoms with Gasteiger partial charge in [0.15, 0.2) is 0 Å². The molecule has 0 aromatic rings. The van der Waals surface area contributed by atoms with Crippen molar-refractivity contribution in [1.82, 2.24) is 0 Å². The second-order valence-corrected chi connectivity index (χ2v) is 9.42. The van der Waals surface area contributed by atoms with Crippen molar-refractivity contribution >= 4 is 8.07 Å². The first-order valence-corrected chi connectivity index (χ1v) is 7.63. The zero-order valence-corrected chi connectivity index (χ0v) is 8.96. The van der Waals surface area contributed by atoms with Gasteiger partial charge in [0, 0.05) is 7.05 Å². The van der Waals surface area contributed by atoms with Crippen LogP contribution in [0.4, 0.5) is 0 Å². The fourth-order valence-corrected chi connectivity index (χ4v) is 5.86. The van der Waals surface area contributed by atoms with Crippen LogP contribution in [0.15, 0.2) is 10.2 Å². The van der Waals surface area contributed by atoms with Crippen LogP contribution in [0, 0.1) is 5.92 Å². The number of azo groups is 1. The Bertz CT molecular complexity index is 165. The third-order valence-electron chi connectivity index (χ3n) is 2.66. The first kappa shape index (κ1) is 8.91. The van der Waals surface area contributed by atoms with Crippen molar-refractivity contribution in [2.45, 2.75) is 38.1 Å². The molecule has 0 bridgehead atoms. The Morgan fingerprint density at radius 1 is 1.36 bits per heavy atom. The van der Waals surface area contributed by atoms with Crippen LogP contribution in [-0.2, 0) is 0 Å². The van der Waals surface area contributed by atoms with Crippen molar-refractivity contribution in [3.05, 3.63) is 0 Å². The molecule has 64 valence electrons. The third-order valence-corrected chi connectivity index (χ3v) is 6.56. The van der Waals surface area contributed by atoms with Crippen molar-refractivity contribution in [3.8, 4) is 0 Å². The molecule has 11 heavy (non-hydrogen) atoms. The summed E-state index contributed by atoms with van der Waals surface area (Å²) in [7, 11) is 0.771. The summed E-state index contributed by atoms with van der Waals surface area (Å²) in [6.45, 7) is 7.19. The third kappa shape index (κ3) is 1.89. The summed E-state index contributed by atoms with van der Waals surface area (Å²) in [5.74, 6) is 0.882. The van der Waals surface area contributed by atoms with Crippen molar-refractivity contribution in [2.24, 2.45) is 16.1 Å². The van der Waals surface area contributed by atoms with Gasteiger partial charge in [0.05, 0.1) is 13.7 Å². The zero-order valence-electron chi connectivity index (χ0n) is 7.96. The van der Waals surface area contributed by atoms with E-state index in [1.807, 2.05) is 0 Å². The molecule has 1 heterocycles. The van der Waals surface area contributed by atoms with Gasteiger partial charge in [-0.25, -0.2) is 0 Å². The van der Waals surface area contributed by atoms with Crippen LogP contribution in [0.25, 0.3) is 0 Å². The molecule has 0 aromatic heterocycles. The van der Waals surface area contributed by atoms with Gasteiger partial charge in [-0.15, -0.1) is 0 Å². The number of hydrogen-bond donors (Lipinski definition) is 0. The van der Waals surface area contributed by atoms with E-state index in [-0.39, 0.29) is 0 Å². The molecular weight excluding hydrogens is 152 g/mol. The van der Waals surface area contributed by atoms with E-state index in [0.717, 1.165) is 5.92 Å². The van der Waals surface area contributed by atoms with Crippen LogP contribution in [0.3, 0.4) is 0 Å². The zero-order chi connectivity index (χ0) is 8.48. The van der Waals surface area contributed by atoms with E-state index in [4.69, 9.17) is 0 Å². The summed E-state index contributed by atoms with van der Waals surface area (Å²) in [6.07, 6.45) is 1.27. The van der Waals surface area contributed by atoms with Gasteiger partial charge in [-0.3, -0.25) is 0 Å². The second-order valence-electron chi connectivity index (χ2n) is 4.36. The molecule has 1 rings (SSSR count). The lowest BCUT2D eigenvalue weighted by Crippen LogP contribution is -2.34. The maximum absolute atomic E-state index is 4.31. The largest absolute Gasteiger partial charge is 0.198 e.